The first kappa shape index (κ1) is 73.5. The summed E-state index contributed by atoms with van der Waals surface area (Å²) in [5.74, 6) is -8.78. The van der Waals surface area contributed by atoms with E-state index in [-0.39, 0.29) is 74.1 Å². The molecule has 3 amide bonds. The van der Waals surface area contributed by atoms with Crippen LogP contribution in [0.4, 0.5) is 16.7 Å². The number of alkyl carbamates (subject to hydrolysis) is 1. The second-order valence-electron chi connectivity index (χ2n) is 26.1. The van der Waals surface area contributed by atoms with Crippen molar-refractivity contribution in [2.45, 2.75) is 200 Å². The number of hydrogen-bond acceptors (Lipinski definition) is 22. The largest absolute Gasteiger partial charge is 0.460 e. The number of aromatic nitrogens is 4. The Morgan fingerprint density at radius 2 is 1.52 bits per heavy atom. The minimum absolute atomic E-state index is 0.0265. The van der Waals surface area contributed by atoms with Gasteiger partial charge < -0.3 is 69.4 Å². The molecule has 512 valence electrons. The number of hydrogen-bond donors (Lipinski definition) is 6. The van der Waals surface area contributed by atoms with Crippen LogP contribution in [-0.2, 0) is 54.2 Å². The van der Waals surface area contributed by atoms with E-state index in [0.29, 0.717) is 107 Å². The van der Waals surface area contributed by atoms with Crippen LogP contribution >= 0.6 is 0 Å². The van der Waals surface area contributed by atoms with Gasteiger partial charge in [0.1, 0.15) is 36.2 Å². The highest BCUT2D eigenvalue weighted by Gasteiger charge is 2.53. The molecule has 4 aliphatic heterocycles. The first-order valence-corrected chi connectivity index (χ1v) is 33.0. The van der Waals surface area contributed by atoms with Crippen molar-refractivity contribution < 1.29 is 77.7 Å². The third kappa shape index (κ3) is 19.4. The van der Waals surface area contributed by atoms with E-state index >= 15 is 0 Å². The van der Waals surface area contributed by atoms with Crippen molar-refractivity contribution in [2.75, 3.05) is 63.4 Å². The number of ether oxygens (including phenoxy) is 5. The first-order valence-electron chi connectivity index (χ1n) is 33.0. The zero-order valence-corrected chi connectivity index (χ0v) is 55.7. The van der Waals surface area contributed by atoms with Crippen molar-refractivity contribution in [3.8, 4) is 0 Å². The molecule has 0 radical (unpaired) electrons. The van der Waals surface area contributed by atoms with E-state index in [0.717, 1.165) is 10.5 Å². The molecular formula is C68H99N9O16. The first-order chi connectivity index (χ1) is 44.4. The second-order valence-corrected chi connectivity index (χ2v) is 26.1. The lowest BCUT2D eigenvalue weighted by atomic mass is 9.78. The smallest absolute Gasteiger partial charge is 0.407 e. The van der Waals surface area contributed by atoms with Crippen molar-refractivity contribution in [3.63, 3.8) is 0 Å². The number of cyclic esters (lactones) is 1. The highest BCUT2D eigenvalue weighted by Crippen LogP contribution is 2.38. The standard InChI is InChI=1S/C68H99N9O16/c1-11-69-62(84)49-36-72-65(73-37-49)75-25-26-76(50(38-75)39-78)66-70-33-48(34-71-66)35-74-67(87)92-54-23-21-47(30-57(54)90-10)29-43(5)56-32-53(79)42(4)28-45(7)59(81)60(82)58(80)44(6)27-40(2)17-13-12-14-18-41(3)55(89-9)31-51-22-20-46(8)68(88,93-51)61(83)63(85)77-24-16-15-19-52(77)64(86)91-56/h12-14,17-18,28,33-34,36-37,40,42-44,46-47,50-52,54-57,59-60,78,81-82,88H,11,15-16,19-27,29-32,35,38-39H2,1-10H3,(H,69,84)(H,74,87)/b14-12+,17-13+,41-18+,45-28+/t40-,42-,43-,44-,46-,47+,50?,51+,52+,54-,55+,56+,57-,59-,60+,68-/m1/s1. The van der Waals surface area contributed by atoms with Gasteiger partial charge in [0.15, 0.2) is 5.78 Å². The van der Waals surface area contributed by atoms with Crippen molar-refractivity contribution in [1.82, 2.24) is 35.5 Å². The molecule has 25 heteroatoms. The van der Waals surface area contributed by atoms with Crippen LogP contribution < -0.4 is 20.4 Å². The van der Waals surface area contributed by atoms with Crippen LogP contribution in [0.1, 0.15) is 148 Å². The van der Waals surface area contributed by atoms with Gasteiger partial charge in [0.05, 0.1) is 36.5 Å². The predicted octanol–water partition coefficient (Wildman–Crippen LogP) is 5.48. The van der Waals surface area contributed by atoms with Crippen LogP contribution in [0.5, 0.6) is 0 Å². The number of allylic oxidation sites excluding steroid dienone is 6. The molecule has 4 fully saturated rings. The predicted molar refractivity (Wildman–Crippen MR) is 344 cm³/mol. The minimum atomic E-state index is -2.49. The third-order valence-electron chi connectivity index (χ3n) is 19.1. The van der Waals surface area contributed by atoms with Gasteiger partial charge in [0.25, 0.3) is 17.6 Å². The van der Waals surface area contributed by atoms with Gasteiger partial charge in [-0.2, -0.15) is 0 Å². The molecule has 6 N–H and O–H groups in total. The number of ketones is 3. The third-order valence-corrected chi connectivity index (χ3v) is 19.1. The Balaban J connectivity index is 1.02. The summed E-state index contributed by atoms with van der Waals surface area (Å²) in [7, 11) is 3.09. The topological polar surface area (TPSA) is 332 Å². The maximum atomic E-state index is 14.7. The van der Waals surface area contributed by atoms with E-state index in [1.807, 2.05) is 67.9 Å². The van der Waals surface area contributed by atoms with Crippen molar-refractivity contribution in [2.24, 2.45) is 35.5 Å². The van der Waals surface area contributed by atoms with E-state index in [1.54, 1.807) is 40.3 Å². The van der Waals surface area contributed by atoms with Gasteiger partial charge in [-0.1, -0.05) is 71.1 Å². The molecule has 2 bridgehead atoms. The average molecular weight is 1300 g/mol. The number of carbonyl (C=O) groups is 7. The number of Topliss-reactive ketones (excluding diaryl/α,β-unsaturated/α-hetero) is 3. The van der Waals surface area contributed by atoms with Gasteiger partial charge in [-0.3, -0.25) is 24.0 Å². The zero-order valence-electron chi connectivity index (χ0n) is 55.7. The maximum absolute atomic E-state index is 14.7. The Hall–Kier alpha value is -6.87. The summed E-state index contributed by atoms with van der Waals surface area (Å²) in [5.41, 5.74) is 2.00. The highest BCUT2D eigenvalue weighted by atomic mass is 16.6. The summed E-state index contributed by atoms with van der Waals surface area (Å²) >= 11 is 0. The number of aliphatic hydroxyl groups is 4. The van der Waals surface area contributed by atoms with Crippen LogP contribution in [-0.4, -0.2) is 201 Å². The van der Waals surface area contributed by atoms with Crippen molar-refractivity contribution >= 4 is 53.1 Å². The Kier molecular flexibility index (Phi) is 27.3. The van der Waals surface area contributed by atoms with E-state index < -0.39 is 108 Å². The summed E-state index contributed by atoms with van der Waals surface area (Å²) < 4.78 is 30.3. The lowest BCUT2D eigenvalue weighted by Crippen LogP contribution is -2.61. The summed E-state index contributed by atoms with van der Waals surface area (Å²) in [6.07, 6.45) is 13.9. The molecule has 0 spiro atoms. The highest BCUT2D eigenvalue weighted by molar-refractivity contribution is 6.39. The molecule has 5 aliphatic rings. The van der Waals surface area contributed by atoms with E-state index in [4.69, 9.17) is 23.7 Å². The van der Waals surface area contributed by atoms with Crippen LogP contribution in [0.2, 0.25) is 0 Å². The maximum Gasteiger partial charge on any atom is 0.407 e. The molecule has 7 rings (SSSR count). The zero-order chi connectivity index (χ0) is 67.7. The number of amides is 3. The fraction of sp³-hybridized carbons (Fsp3) is 0.662. The number of nitrogens with zero attached hydrogens (tertiary/aromatic N) is 7. The molecule has 3 saturated heterocycles. The molecule has 1 saturated carbocycles. The molecule has 1 unspecified atom stereocenters. The number of esters is 1. The van der Waals surface area contributed by atoms with E-state index in [2.05, 4.69) is 30.6 Å². The molecule has 2 aromatic rings. The number of methoxy groups -OCH3 is 2. The summed E-state index contributed by atoms with van der Waals surface area (Å²) in [4.78, 5) is 120. The number of aliphatic hydroxyl groups excluding tert-OH is 3. The summed E-state index contributed by atoms with van der Waals surface area (Å²) in [5, 5.41) is 50.4. The summed E-state index contributed by atoms with van der Waals surface area (Å²) in [6, 6.07) is -1.61. The second kappa shape index (κ2) is 34.5. The number of fused-ring (bicyclic) bond motifs is 3. The molecule has 0 aromatic carbocycles. The van der Waals surface area contributed by atoms with E-state index in [9.17, 15) is 54.0 Å². The molecule has 93 heavy (non-hydrogen) atoms. The van der Waals surface area contributed by atoms with Crippen LogP contribution in [0.3, 0.4) is 0 Å². The molecule has 1 aliphatic carbocycles. The fourth-order valence-electron chi connectivity index (χ4n) is 13.3. The average Bonchev–Trinajstić information content (AvgIpc) is 0.794. The molecular weight excluding hydrogens is 1200 g/mol. The Morgan fingerprint density at radius 1 is 0.796 bits per heavy atom. The van der Waals surface area contributed by atoms with Crippen LogP contribution in [0.25, 0.3) is 0 Å². The monoisotopic (exact) mass is 1300 g/mol. The molecule has 16 atom stereocenters. The fourth-order valence-corrected chi connectivity index (χ4v) is 13.3. The number of carbonyl (C=O) groups excluding carboxylic acids is 7. The van der Waals surface area contributed by atoms with Crippen LogP contribution in [0.15, 0.2) is 72.4 Å². The SMILES string of the molecule is CCNC(=O)c1cnc(N2CCN(c3ncc(CNC(=O)O[C@@H]4CC[C@@H](C[C@@H](C)[C@@H]5CC(=O)[C@H](C)/C=C(\C)[C@@H](O)[C@@H](O)C(=O)[C@H](C)C[C@H](C)/C=C/C=C/C=C(\C)[C@@H](OC)C[C@@H]6CC[C@@H](C)[C@@](O)(O6)C(=O)C(=O)N6CCCC[C@H]6C(=O)O5)C[C@H]4OC)cn3)C(CO)C2)nc1. The Labute approximate surface area is 546 Å². The number of piperazine rings is 1. The van der Waals surface area contributed by atoms with Gasteiger partial charge in [-0.25, -0.2) is 29.5 Å². The number of anilines is 2. The normalized spacial score (nSPS) is 33.4. The summed E-state index contributed by atoms with van der Waals surface area (Å²) in [6.45, 7) is 15.7. The van der Waals surface area contributed by atoms with Crippen molar-refractivity contribution in [1.29, 1.82) is 0 Å². The lowest BCUT2D eigenvalue weighted by molar-refractivity contribution is -0.265. The molecule has 2 aromatic heterocycles. The number of rotatable bonds is 13. The van der Waals surface area contributed by atoms with Gasteiger partial charge in [0, 0.05) is 114 Å². The van der Waals surface area contributed by atoms with Gasteiger partial charge in [0.2, 0.25) is 17.7 Å². The van der Waals surface area contributed by atoms with Gasteiger partial charge in [-0.15, -0.1) is 0 Å². The lowest BCUT2D eigenvalue weighted by Gasteiger charge is -2.42. The molecule has 6 heterocycles. The minimum Gasteiger partial charge on any atom is -0.460 e. The number of piperidine rings is 1. The van der Waals surface area contributed by atoms with Gasteiger partial charge >= 0.3 is 12.1 Å². The van der Waals surface area contributed by atoms with Crippen LogP contribution in [0, 0.1) is 35.5 Å². The van der Waals surface area contributed by atoms with Gasteiger partial charge in [-0.05, 0) is 114 Å². The molecule has 25 nitrogen and oxygen atoms in total. The Bertz CT molecular complexity index is 3000. The quantitative estimate of drug-likeness (QED) is 0.0821. The number of nitrogens with one attached hydrogen (secondary N) is 2. The van der Waals surface area contributed by atoms with Crippen molar-refractivity contribution in [3.05, 3.63) is 83.5 Å². The van der Waals surface area contributed by atoms with E-state index in [1.165, 1.54) is 32.5 Å². The Morgan fingerprint density at radius 3 is 2.20 bits per heavy atom.